The second-order valence-corrected chi connectivity index (χ2v) is 6.52. The van der Waals surface area contributed by atoms with Crippen molar-refractivity contribution in [3.63, 3.8) is 0 Å². The molecule has 3 N–H and O–H groups in total. The number of nitrogens with two attached hydrogens (primary N) is 1. The number of aromatic nitrogens is 1. The first-order chi connectivity index (χ1) is 11.4. The van der Waals surface area contributed by atoms with E-state index >= 15 is 0 Å². The van der Waals surface area contributed by atoms with Gasteiger partial charge < -0.3 is 15.5 Å². The Morgan fingerprint density at radius 3 is 2.83 bits per heavy atom. The summed E-state index contributed by atoms with van der Waals surface area (Å²) in [6.07, 6.45) is 1.88. The van der Waals surface area contributed by atoms with Crippen LogP contribution in [0.25, 0.3) is 11.0 Å². The highest BCUT2D eigenvalue weighted by atomic mass is 32.1. The molecule has 0 aliphatic rings. The zero-order chi connectivity index (χ0) is 17.3. The van der Waals surface area contributed by atoms with Gasteiger partial charge in [-0.15, -0.1) is 11.3 Å². The standard InChI is InChI=1S/C17H17N3O3S/c1-9-3-4-13-11(7-23-16(13)10(9)2)5-15(22)20-17-19-12(8-24-17)6-14(18)21/h3-4,7-8H,5-6H2,1-2H3,(H2,18,21)(H,19,20,22). The van der Waals surface area contributed by atoms with Crippen molar-refractivity contribution in [3.05, 3.63) is 46.2 Å². The number of carbonyl (C=O) groups is 2. The van der Waals surface area contributed by atoms with Gasteiger partial charge in [0.15, 0.2) is 5.13 Å². The molecule has 0 fully saturated rings. The molecule has 0 spiro atoms. The number of benzene rings is 1. The molecule has 7 heteroatoms. The molecule has 3 rings (SSSR count). The molecule has 0 unspecified atom stereocenters. The fourth-order valence-electron chi connectivity index (χ4n) is 2.49. The van der Waals surface area contributed by atoms with Crippen molar-refractivity contribution < 1.29 is 14.0 Å². The summed E-state index contributed by atoms with van der Waals surface area (Å²) in [5.41, 5.74) is 9.56. The minimum absolute atomic E-state index is 0.0668. The fraction of sp³-hybridized carbons (Fsp3) is 0.235. The second-order valence-electron chi connectivity index (χ2n) is 5.66. The smallest absolute Gasteiger partial charge is 0.230 e. The van der Waals surface area contributed by atoms with Gasteiger partial charge in [0, 0.05) is 16.3 Å². The molecule has 24 heavy (non-hydrogen) atoms. The van der Waals surface area contributed by atoms with Crippen LogP contribution in [0.15, 0.2) is 28.2 Å². The number of thiazole rings is 1. The van der Waals surface area contributed by atoms with Crippen molar-refractivity contribution in [2.75, 3.05) is 5.32 Å². The highest BCUT2D eigenvalue weighted by Crippen LogP contribution is 2.27. The minimum Gasteiger partial charge on any atom is -0.464 e. The Bertz CT molecular complexity index is 926. The second kappa shape index (κ2) is 6.45. The average Bonchev–Trinajstić information content (AvgIpc) is 3.10. The highest BCUT2D eigenvalue weighted by molar-refractivity contribution is 7.13. The number of rotatable bonds is 5. The quantitative estimate of drug-likeness (QED) is 0.744. The number of nitrogens with zero attached hydrogens (tertiary/aromatic N) is 1. The molecular weight excluding hydrogens is 326 g/mol. The van der Waals surface area contributed by atoms with Gasteiger partial charge in [-0.2, -0.15) is 0 Å². The Labute approximate surface area is 142 Å². The van der Waals surface area contributed by atoms with Gasteiger partial charge in [0.25, 0.3) is 0 Å². The molecule has 0 radical (unpaired) electrons. The number of hydrogen-bond donors (Lipinski definition) is 2. The number of carbonyl (C=O) groups excluding carboxylic acids is 2. The van der Waals surface area contributed by atoms with Crippen molar-refractivity contribution in [1.82, 2.24) is 4.98 Å². The molecule has 0 aliphatic heterocycles. The van der Waals surface area contributed by atoms with E-state index in [-0.39, 0.29) is 18.7 Å². The lowest BCUT2D eigenvalue weighted by Crippen LogP contribution is -2.15. The van der Waals surface area contributed by atoms with Gasteiger partial charge in [0.1, 0.15) is 5.58 Å². The lowest BCUT2D eigenvalue weighted by atomic mass is 10.0. The highest BCUT2D eigenvalue weighted by Gasteiger charge is 2.14. The van der Waals surface area contributed by atoms with Gasteiger partial charge >= 0.3 is 0 Å². The summed E-state index contributed by atoms with van der Waals surface area (Å²) in [5, 5.41) is 5.85. The molecule has 0 saturated carbocycles. The van der Waals surface area contributed by atoms with Crippen LogP contribution in [0.5, 0.6) is 0 Å². The van der Waals surface area contributed by atoms with Gasteiger partial charge in [0.05, 0.1) is 24.8 Å². The summed E-state index contributed by atoms with van der Waals surface area (Å²) in [6, 6.07) is 3.99. The normalized spacial score (nSPS) is 10.9. The van der Waals surface area contributed by atoms with Crippen LogP contribution < -0.4 is 11.1 Å². The lowest BCUT2D eigenvalue weighted by Gasteiger charge is -2.02. The molecular formula is C17H17N3O3S. The summed E-state index contributed by atoms with van der Waals surface area (Å²) in [4.78, 5) is 27.3. The summed E-state index contributed by atoms with van der Waals surface area (Å²) in [6.45, 7) is 4.02. The molecule has 2 amide bonds. The summed E-state index contributed by atoms with van der Waals surface area (Å²) < 4.78 is 5.62. The third-order valence-electron chi connectivity index (χ3n) is 3.85. The number of amides is 2. The van der Waals surface area contributed by atoms with Gasteiger partial charge in [-0.3, -0.25) is 9.59 Å². The third kappa shape index (κ3) is 3.30. The molecule has 0 aliphatic carbocycles. The van der Waals surface area contributed by atoms with E-state index in [4.69, 9.17) is 10.2 Å². The first kappa shape index (κ1) is 16.2. The Morgan fingerprint density at radius 2 is 2.08 bits per heavy atom. The first-order valence-electron chi connectivity index (χ1n) is 7.43. The molecule has 2 aromatic heterocycles. The van der Waals surface area contributed by atoms with E-state index in [1.807, 2.05) is 26.0 Å². The number of anilines is 1. The zero-order valence-electron chi connectivity index (χ0n) is 13.4. The third-order valence-corrected chi connectivity index (χ3v) is 4.65. The molecule has 2 heterocycles. The van der Waals surface area contributed by atoms with Gasteiger partial charge in [-0.25, -0.2) is 4.98 Å². The molecule has 0 bridgehead atoms. The molecule has 3 aromatic rings. The van der Waals surface area contributed by atoms with E-state index in [0.717, 1.165) is 27.7 Å². The van der Waals surface area contributed by atoms with Crippen molar-refractivity contribution in [1.29, 1.82) is 0 Å². The molecule has 124 valence electrons. The molecule has 0 atom stereocenters. The summed E-state index contributed by atoms with van der Waals surface area (Å²) in [7, 11) is 0. The van der Waals surface area contributed by atoms with Crippen LogP contribution in [0.4, 0.5) is 5.13 Å². The summed E-state index contributed by atoms with van der Waals surface area (Å²) in [5.74, 6) is -0.635. The van der Waals surface area contributed by atoms with Crippen LogP contribution in [0, 0.1) is 13.8 Å². The monoisotopic (exact) mass is 343 g/mol. The predicted octanol–water partition coefficient (Wildman–Crippen LogP) is 2.72. The maximum absolute atomic E-state index is 12.2. The van der Waals surface area contributed by atoms with Crippen molar-refractivity contribution in [3.8, 4) is 0 Å². The first-order valence-corrected chi connectivity index (χ1v) is 8.31. The number of nitrogens with one attached hydrogen (secondary N) is 1. The van der Waals surface area contributed by atoms with Gasteiger partial charge in [0.2, 0.25) is 11.8 Å². The topological polar surface area (TPSA) is 98.2 Å². The Kier molecular flexibility index (Phi) is 4.35. The van der Waals surface area contributed by atoms with Crippen LogP contribution in [-0.2, 0) is 22.4 Å². The van der Waals surface area contributed by atoms with Crippen LogP contribution in [0.3, 0.4) is 0 Å². The average molecular weight is 343 g/mol. The van der Waals surface area contributed by atoms with Crippen LogP contribution >= 0.6 is 11.3 Å². The number of aryl methyl sites for hydroxylation is 2. The van der Waals surface area contributed by atoms with Crippen molar-refractivity contribution in [2.45, 2.75) is 26.7 Å². The van der Waals surface area contributed by atoms with Crippen LogP contribution in [0.2, 0.25) is 0 Å². The van der Waals surface area contributed by atoms with Gasteiger partial charge in [-0.1, -0.05) is 12.1 Å². The largest absolute Gasteiger partial charge is 0.464 e. The number of hydrogen-bond acceptors (Lipinski definition) is 5. The lowest BCUT2D eigenvalue weighted by molar-refractivity contribution is -0.117. The van der Waals surface area contributed by atoms with E-state index in [1.165, 1.54) is 11.3 Å². The van der Waals surface area contributed by atoms with Crippen molar-refractivity contribution in [2.24, 2.45) is 5.73 Å². The van der Waals surface area contributed by atoms with E-state index < -0.39 is 5.91 Å². The number of furan rings is 1. The molecule has 1 aromatic carbocycles. The number of primary amides is 1. The SMILES string of the molecule is Cc1ccc2c(CC(=O)Nc3nc(CC(N)=O)cs3)coc2c1C. The Morgan fingerprint density at radius 1 is 1.29 bits per heavy atom. The Balaban J connectivity index is 1.72. The Hall–Kier alpha value is -2.67. The van der Waals surface area contributed by atoms with Crippen LogP contribution in [0.1, 0.15) is 22.4 Å². The van der Waals surface area contributed by atoms with E-state index in [0.29, 0.717) is 10.8 Å². The van der Waals surface area contributed by atoms with E-state index in [1.54, 1.807) is 11.6 Å². The minimum atomic E-state index is -0.450. The van der Waals surface area contributed by atoms with E-state index in [9.17, 15) is 9.59 Å². The maximum atomic E-state index is 12.2. The summed E-state index contributed by atoms with van der Waals surface area (Å²) >= 11 is 1.27. The molecule has 6 nitrogen and oxygen atoms in total. The van der Waals surface area contributed by atoms with Crippen molar-refractivity contribution >= 4 is 39.3 Å². The zero-order valence-corrected chi connectivity index (χ0v) is 14.2. The van der Waals surface area contributed by atoms with E-state index in [2.05, 4.69) is 10.3 Å². The maximum Gasteiger partial charge on any atom is 0.230 e. The predicted molar refractivity (Wildman–Crippen MR) is 93.0 cm³/mol. The van der Waals surface area contributed by atoms with Crippen LogP contribution in [-0.4, -0.2) is 16.8 Å². The van der Waals surface area contributed by atoms with Gasteiger partial charge in [-0.05, 0) is 25.0 Å². The molecule has 0 saturated heterocycles. The number of fused-ring (bicyclic) bond motifs is 1. The fourth-order valence-corrected chi connectivity index (χ4v) is 3.21.